The van der Waals surface area contributed by atoms with E-state index in [0.717, 1.165) is 40.9 Å². The summed E-state index contributed by atoms with van der Waals surface area (Å²) in [5, 5.41) is 24.2. The van der Waals surface area contributed by atoms with E-state index in [0.29, 0.717) is 30.0 Å². The van der Waals surface area contributed by atoms with Crippen molar-refractivity contribution in [1.29, 1.82) is 0 Å². The summed E-state index contributed by atoms with van der Waals surface area (Å²) in [6, 6.07) is 22.1. The molecule has 0 unspecified atom stereocenters. The zero-order chi connectivity index (χ0) is 30.9. The Kier molecular flexibility index (Phi) is 9.77. The van der Waals surface area contributed by atoms with E-state index in [9.17, 15) is 14.9 Å². The first kappa shape index (κ1) is 30.2. The van der Waals surface area contributed by atoms with E-state index < -0.39 is 11.2 Å². The number of aromatic amines is 1. The lowest BCUT2D eigenvalue weighted by Gasteiger charge is -2.14. The van der Waals surface area contributed by atoms with Crippen LogP contribution in [0.2, 0.25) is 5.15 Å². The number of benzene rings is 3. The van der Waals surface area contributed by atoms with E-state index in [1.54, 1.807) is 12.1 Å². The number of halogens is 1. The molecule has 0 spiro atoms. The van der Waals surface area contributed by atoms with Crippen molar-refractivity contribution >= 4 is 17.8 Å². The van der Waals surface area contributed by atoms with Crippen LogP contribution in [0.4, 0.5) is 4.79 Å². The van der Waals surface area contributed by atoms with Gasteiger partial charge < -0.3 is 18.9 Å². The summed E-state index contributed by atoms with van der Waals surface area (Å²) in [5.74, 6) is 1.45. The average molecular weight is 618 g/mol. The van der Waals surface area contributed by atoms with E-state index in [4.69, 9.17) is 21.1 Å². The van der Waals surface area contributed by atoms with Gasteiger partial charge in [-0.25, -0.2) is 9.78 Å². The van der Waals surface area contributed by atoms with Crippen LogP contribution in [0.15, 0.2) is 72.8 Å². The molecule has 14 heteroatoms. The topological polar surface area (TPSA) is 160 Å². The maximum Gasteiger partial charge on any atom is 0.514 e. The Bertz CT molecular complexity index is 1720. The molecule has 44 heavy (non-hydrogen) atoms. The lowest BCUT2D eigenvalue weighted by molar-refractivity contribution is -0.763. The van der Waals surface area contributed by atoms with Crippen molar-refractivity contribution in [2.24, 2.45) is 0 Å². The Hall–Kier alpha value is -5.30. The van der Waals surface area contributed by atoms with Crippen LogP contribution >= 0.6 is 11.6 Å². The van der Waals surface area contributed by atoms with Gasteiger partial charge in [-0.15, -0.1) is 20.3 Å². The van der Waals surface area contributed by atoms with Gasteiger partial charge in [-0.2, -0.15) is 5.21 Å². The van der Waals surface area contributed by atoms with Gasteiger partial charge in [0.05, 0.1) is 5.69 Å². The number of H-pyrrole nitrogens is 1. The molecule has 0 saturated carbocycles. The number of aromatic nitrogens is 6. The number of imidazole rings is 1. The van der Waals surface area contributed by atoms with Gasteiger partial charge in [-0.05, 0) is 46.0 Å². The second kappa shape index (κ2) is 14.2. The molecule has 0 aliphatic rings. The van der Waals surface area contributed by atoms with E-state index in [1.807, 2.05) is 53.1 Å². The molecule has 0 aliphatic heterocycles. The van der Waals surface area contributed by atoms with E-state index in [2.05, 4.69) is 37.4 Å². The van der Waals surface area contributed by atoms with Crippen LogP contribution < -0.4 is 4.74 Å². The molecular weight excluding hydrogens is 590 g/mol. The normalized spacial score (nSPS) is 10.9. The van der Waals surface area contributed by atoms with Crippen LogP contribution in [0.5, 0.6) is 5.75 Å². The van der Waals surface area contributed by atoms with Crippen LogP contribution in [-0.2, 0) is 35.8 Å². The summed E-state index contributed by atoms with van der Waals surface area (Å²) in [6.45, 7) is 2.11. The largest absolute Gasteiger partial charge is 0.514 e. The highest BCUT2D eigenvalue weighted by Gasteiger charge is 2.19. The fourth-order valence-corrected chi connectivity index (χ4v) is 4.87. The van der Waals surface area contributed by atoms with E-state index in [1.165, 1.54) is 12.1 Å². The van der Waals surface area contributed by atoms with Gasteiger partial charge in [-0.3, -0.25) is 0 Å². The smallest absolute Gasteiger partial charge is 0.427 e. The lowest BCUT2D eigenvalue weighted by Crippen LogP contribution is -2.14. The summed E-state index contributed by atoms with van der Waals surface area (Å²) in [7, 11) is 0. The fourth-order valence-electron chi connectivity index (χ4n) is 4.61. The van der Waals surface area contributed by atoms with Gasteiger partial charge in [0.1, 0.15) is 24.8 Å². The number of hydrogen-bond acceptors (Lipinski definition) is 10. The predicted octanol–water partition coefficient (Wildman–Crippen LogP) is 6.20. The number of hydrogen-bond donors (Lipinski definition) is 1. The van der Waals surface area contributed by atoms with Crippen molar-refractivity contribution in [1.82, 2.24) is 30.2 Å². The molecule has 0 bridgehead atoms. The molecule has 0 atom stereocenters. The highest BCUT2D eigenvalue weighted by atomic mass is 35.5. The standard InChI is InChI=1S/C30H28ClN7O6/c1-2-3-11-27-32-28(31)26(19-42-30(39)44-23-8-6-7-21(16-23)18-43-38(40)41)37(27)17-20-12-14-22(15-13-20)24-9-4-5-10-25(24)29-33-35-36-34-29/h4-10,12-16H,2-3,11,17-19H2,1H3,(H,33,34,35,36). The summed E-state index contributed by atoms with van der Waals surface area (Å²) in [4.78, 5) is 31.9. The summed E-state index contributed by atoms with van der Waals surface area (Å²) in [5.41, 5.74) is 4.81. The minimum absolute atomic E-state index is 0.156. The molecule has 5 rings (SSSR count). The van der Waals surface area contributed by atoms with Gasteiger partial charge in [0, 0.05) is 18.5 Å². The number of nitrogens with one attached hydrogen (secondary N) is 1. The zero-order valence-electron chi connectivity index (χ0n) is 23.7. The third-order valence-corrected chi connectivity index (χ3v) is 7.04. The summed E-state index contributed by atoms with van der Waals surface area (Å²) in [6.07, 6.45) is 1.64. The number of nitrogens with zero attached hydrogens (tertiary/aromatic N) is 6. The molecule has 1 N–H and O–H groups in total. The third-order valence-electron chi connectivity index (χ3n) is 6.74. The van der Waals surface area contributed by atoms with Crippen LogP contribution in [0.1, 0.15) is 42.4 Å². The third kappa shape index (κ3) is 7.55. The van der Waals surface area contributed by atoms with Crippen LogP contribution in [0, 0.1) is 10.1 Å². The first-order valence-electron chi connectivity index (χ1n) is 13.8. The molecule has 226 valence electrons. The first-order chi connectivity index (χ1) is 21.4. The second-order valence-corrected chi connectivity index (χ2v) is 10.1. The summed E-state index contributed by atoms with van der Waals surface area (Å²) >= 11 is 6.54. The molecule has 3 aromatic carbocycles. The molecule has 2 heterocycles. The van der Waals surface area contributed by atoms with Crippen molar-refractivity contribution < 1.29 is 24.2 Å². The number of unbranched alkanes of at least 4 members (excludes halogenated alkanes) is 1. The highest BCUT2D eigenvalue weighted by Crippen LogP contribution is 2.30. The van der Waals surface area contributed by atoms with Crippen molar-refractivity contribution in [3.63, 3.8) is 0 Å². The van der Waals surface area contributed by atoms with Crippen LogP contribution in [-0.4, -0.2) is 41.4 Å². The van der Waals surface area contributed by atoms with Crippen molar-refractivity contribution in [3.8, 4) is 28.3 Å². The van der Waals surface area contributed by atoms with Crippen molar-refractivity contribution in [2.75, 3.05) is 0 Å². The number of tetrazole rings is 1. The monoisotopic (exact) mass is 617 g/mol. The molecule has 0 fully saturated rings. The van der Waals surface area contributed by atoms with E-state index >= 15 is 0 Å². The molecule has 0 radical (unpaired) electrons. The second-order valence-electron chi connectivity index (χ2n) is 9.72. The Morgan fingerprint density at radius 1 is 1.02 bits per heavy atom. The average Bonchev–Trinajstić information content (AvgIpc) is 3.67. The minimum atomic E-state index is -0.958. The zero-order valence-corrected chi connectivity index (χ0v) is 24.4. The number of carbonyl (C=O) groups is 1. The molecule has 0 aliphatic carbocycles. The molecule has 2 aromatic heterocycles. The van der Waals surface area contributed by atoms with Gasteiger partial charge in [0.2, 0.25) is 5.82 Å². The number of carbonyl (C=O) groups excluding carboxylic acids is 1. The molecule has 0 amide bonds. The maximum atomic E-state index is 12.5. The Balaban J connectivity index is 1.31. The Morgan fingerprint density at radius 3 is 2.55 bits per heavy atom. The van der Waals surface area contributed by atoms with Gasteiger partial charge in [0.15, 0.2) is 5.15 Å². The quantitative estimate of drug-likeness (QED) is 0.0697. The lowest BCUT2D eigenvalue weighted by atomic mass is 9.98. The van der Waals surface area contributed by atoms with Crippen molar-refractivity contribution in [3.05, 3.63) is 111 Å². The Morgan fingerprint density at radius 2 is 1.82 bits per heavy atom. The number of ether oxygens (including phenoxy) is 2. The predicted molar refractivity (Wildman–Crippen MR) is 159 cm³/mol. The van der Waals surface area contributed by atoms with Crippen molar-refractivity contribution in [2.45, 2.75) is 45.9 Å². The van der Waals surface area contributed by atoms with Gasteiger partial charge >= 0.3 is 6.16 Å². The molecule has 0 saturated heterocycles. The minimum Gasteiger partial charge on any atom is -0.427 e. The summed E-state index contributed by atoms with van der Waals surface area (Å²) < 4.78 is 12.6. The first-order valence-corrected chi connectivity index (χ1v) is 14.2. The Labute approximate surface area is 256 Å². The number of aryl methyl sites for hydroxylation is 1. The van der Waals surface area contributed by atoms with E-state index in [-0.39, 0.29) is 24.1 Å². The molecule has 13 nitrogen and oxygen atoms in total. The molecule has 5 aromatic rings. The highest BCUT2D eigenvalue weighted by molar-refractivity contribution is 6.30. The fraction of sp³-hybridized carbons (Fsp3) is 0.233. The van der Waals surface area contributed by atoms with Gasteiger partial charge in [0.25, 0.3) is 5.09 Å². The molecular formula is C30H28ClN7O6. The SMILES string of the molecule is CCCCc1nc(Cl)c(COC(=O)Oc2cccc(CO[N+](=O)[O-])c2)n1Cc1ccc(-c2ccccc2-c2nn[nH]n2)cc1. The van der Waals surface area contributed by atoms with Crippen LogP contribution in [0.3, 0.4) is 0 Å². The van der Waals surface area contributed by atoms with Crippen LogP contribution in [0.25, 0.3) is 22.5 Å². The van der Waals surface area contributed by atoms with Gasteiger partial charge in [-0.1, -0.05) is 85.6 Å². The number of rotatable bonds is 13. The maximum absolute atomic E-state index is 12.5.